The first kappa shape index (κ1) is 21.1. The van der Waals surface area contributed by atoms with Crippen LogP contribution in [0.4, 0.5) is 0 Å². The van der Waals surface area contributed by atoms with E-state index in [1.54, 1.807) is 20.2 Å². The van der Waals surface area contributed by atoms with Crippen LogP contribution in [0.2, 0.25) is 0 Å². The number of fused-ring (bicyclic) bond motifs is 3. The fourth-order valence-corrected chi connectivity index (χ4v) is 4.56. The number of likely N-dealkylation sites (tertiary alicyclic amines) is 1. The Morgan fingerprint density at radius 3 is 2.55 bits per heavy atom. The van der Waals surface area contributed by atoms with E-state index < -0.39 is 12.1 Å². The van der Waals surface area contributed by atoms with Crippen LogP contribution in [0.15, 0.2) is 35.3 Å². The summed E-state index contributed by atoms with van der Waals surface area (Å²) in [6.07, 6.45) is 5.30. The Hall–Kier alpha value is -3.16. The molecule has 164 valence electrons. The molecule has 1 N–H and O–H groups in total. The van der Waals surface area contributed by atoms with Crippen LogP contribution < -0.4 is 10.9 Å². The second-order valence-corrected chi connectivity index (χ2v) is 8.26. The molecule has 8 heteroatoms. The third-order valence-electron chi connectivity index (χ3n) is 6.20. The fraction of sp³-hybridized carbons (Fsp3) is 0.478. The van der Waals surface area contributed by atoms with Crippen molar-refractivity contribution in [2.75, 3.05) is 13.1 Å². The first-order valence-electron chi connectivity index (χ1n) is 11.0. The van der Waals surface area contributed by atoms with Gasteiger partial charge in [0.15, 0.2) is 0 Å². The lowest BCUT2D eigenvalue weighted by molar-refractivity contribution is -0.137. The van der Waals surface area contributed by atoms with Crippen LogP contribution >= 0.6 is 0 Å². The lowest BCUT2D eigenvalue weighted by Gasteiger charge is -2.30. The van der Waals surface area contributed by atoms with Gasteiger partial charge in [0.2, 0.25) is 11.8 Å². The number of aromatic nitrogens is 3. The van der Waals surface area contributed by atoms with Crippen molar-refractivity contribution in [2.45, 2.75) is 51.6 Å². The van der Waals surface area contributed by atoms with Crippen molar-refractivity contribution >= 4 is 33.6 Å². The Morgan fingerprint density at radius 1 is 1.13 bits per heavy atom. The zero-order chi connectivity index (χ0) is 22.1. The number of carbonyl (C=O) groups is 2. The van der Waals surface area contributed by atoms with Gasteiger partial charge in [-0.05, 0) is 38.7 Å². The van der Waals surface area contributed by atoms with Crippen molar-refractivity contribution in [1.29, 1.82) is 0 Å². The quantitative estimate of drug-likeness (QED) is 0.682. The zero-order valence-corrected chi connectivity index (χ0v) is 18.3. The molecule has 1 fully saturated rings. The molecule has 3 aromatic rings. The van der Waals surface area contributed by atoms with Crippen LogP contribution in [-0.2, 0) is 16.6 Å². The van der Waals surface area contributed by atoms with Crippen LogP contribution in [0.1, 0.15) is 45.6 Å². The third kappa shape index (κ3) is 3.71. The van der Waals surface area contributed by atoms with Crippen molar-refractivity contribution in [1.82, 2.24) is 24.6 Å². The van der Waals surface area contributed by atoms with E-state index in [4.69, 9.17) is 0 Å². The molecule has 8 nitrogen and oxygen atoms in total. The molecule has 0 aliphatic carbocycles. The molecular weight excluding hydrogens is 394 g/mol. The average Bonchev–Trinajstić information content (AvgIpc) is 3.12. The summed E-state index contributed by atoms with van der Waals surface area (Å²) >= 11 is 0. The highest BCUT2D eigenvalue weighted by atomic mass is 16.2. The van der Waals surface area contributed by atoms with Gasteiger partial charge in [0.1, 0.15) is 17.6 Å². The maximum Gasteiger partial charge on any atom is 0.291 e. The van der Waals surface area contributed by atoms with Gasteiger partial charge in [-0.3, -0.25) is 14.4 Å². The minimum absolute atomic E-state index is 0.0507. The highest BCUT2D eigenvalue weighted by Crippen LogP contribution is 2.30. The second kappa shape index (κ2) is 8.53. The van der Waals surface area contributed by atoms with Gasteiger partial charge in [-0.25, -0.2) is 4.68 Å². The Morgan fingerprint density at radius 2 is 1.84 bits per heavy atom. The van der Waals surface area contributed by atoms with Crippen LogP contribution in [0.3, 0.4) is 0 Å². The van der Waals surface area contributed by atoms with Crippen LogP contribution in [0.25, 0.3) is 21.8 Å². The van der Waals surface area contributed by atoms with E-state index in [1.165, 1.54) is 4.68 Å². The van der Waals surface area contributed by atoms with Crippen LogP contribution in [0, 0.1) is 0 Å². The largest absolute Gasteiger partial charge is 0.343 e. The predicted octanol–water partition coefficient (Wildman–Crippen LogP) is 2.36. The Kier molecular flexibility index (Phi) is 5.80. The Bertz CT molecular complexity index is 1190. The van der Waals surface area contributed by atoms with Crippen molar-refractivity contribution in [3.05, 3.63) is 40.8 Å². The van der Waals surface area contributed by atoms with Crippen molar-refractivity contribution in [2.24, 2.45) is 7.05 Å². The number of hydrogen-bond donors (Lipinski definition) is 1. The monoisotopic (exact) mass is 423 g/mol. The van der Waals surface area contributed by atoms with E-state index in [2.05, 4.69) is 10.4 Å². The molecule has 1 aliphatic rings. The smallest absolute Gasteiger partial charge is 0.291 e. The second-order valence-electron chi connectivity index (χ2n) is 8.26. The number of para-hydroxylation sites is 1. The SMILES string of the molecule is CC[C@@H](C(=O)N[C@H](C)C(=O)N1CCCCC1)n1c2ccccc2c2cnn(C)c(=O)c21. The number of hydrogen-bond acceptors (Lipinski definition) is 4. The molecule has 0 unspecified atom stereocenters. The summed E-state index contributed by atoms with van der Waals surface area (Å²) in [5, 5.41) is 8.67. The number of piperidine rings is 1. The summed E-state index contributed by atoms with van der Waals surface area (Å²) in [6, 6.07) is 6.41. The topological polar surface area (TPSA) is 89.2 Å². The molecule has 1 saturated heterocycles. The highest BCUT2D eigenvalue weighted by Gasteiger charge is 2.29. The molecule has 4 rings (SSSR count). The summed E-state index contributed by atoms with van der Waals surface area (Å²) in [5.41, 5.74) is 1.01. The molecule has 0 radical (unpaired) electrons. The minimum Gasteiger partial charge on any atom is -0.343 e. The van der Waals surface area contributed by atoms with Crippen molar-refractivity contribution in [3.63, 3.8) is 0 Å². The summed E-state index contributed by atoms with van der Waals surface area (Å²) in [5.74, 6) is -0.313. The van der Waals surface area contributed by atoms with E-state index in [1.807, 2.05) is 40.7 Å². The molecular formula is C23H29N5O3. The van der Waals surface area contributed by atoms with Crippen LogP contribution in [-0.4, -0.2) is 50.2 Å². The Labute approximate surface area is 180 Å². The number of benzene rings is 1. The van der Waals surface area contributed by atoms with E-state index in [0.29, 0.717) is 11.9 Å². The first-order chi connectivity index (χ1) is 14.9. The summed E-state index contributed by atoms with van der Waals surface area (Å²) < 4.78 is 3.09. The molecule has 1 aliphatic heterocycles. The van der Waals surface area contributed by atoms with E-state index in [9.17, 15) is 14.4 Å². The van der Waals surface area contributed by atoms with Gasteiger partial charge in [0.05, 0.1) is 11.7 Å². The molecule has 0 spiro atoms. The summed E-state index contributed by atoms with van der Waals surface area (Å²) in [4.78, 5) is 40.9. The number of nitrogens with zero attached hydrogens (tertiary/aromatic N) is 4. The zero-order valence-electron chi connectivity index (χ0n) is 18.3. The van der Waals surface area contributed by atoms with Gasteiger partial charge in [-0.2, -0.15) is 5.10 Å². The molecule has 2 atom stereocenters. The Balaban J connectivity index is 1.71. The summed E-state index contributed by atoms with van der Waals surface area (Å²) in [6.45, 7) is 5.13. The third-order valence-corrected chi connectivity index (χ3v) is 6.20. The molecule has 0 saturated carbocycles. The predicted molar refractivity (Wildman–Crippen MR) is 120 cm³/mol. The first-order valence-corrected chi connectivity index (χ1v) is 11.0. The van der Waals surface area contributed by atoms with E-state index >= 15 is 0 Å². The van der Waals surface area contributed by atoms with Gasteiger partial charge >= 0.3 is 0 Å². The normalized spacial score (nSPS) is 16.4. The molecule has 2 amide bonds. The van der Waals surface area contributed by atoms with Gasteiger partial charge in [-0.15, -0.1) is 0 Å². The van der Waals surface area contributed by atoms with Gasteiger partial charge in [0.25, 0.3) is 5.56 Å². The van der Waals surface area contributed by atoms with Crippen LogP contribution in [0.5, 0.6) is 0 Å². The molecule has 0 bridgehead atoms. The summed E-state index contributed by atoms with van der Waals surface area (Å²) in [7, 11) is 1.60. The number of rotatable bonds is 5. The lowest BCUT2D eigenvalue weighted by Crippen LogP contribution is -2.50. The van der Waals surface area contributed by atoms with Gasteiger partial charge in [0, 0.05) is 30.9 Å². The van der Waals surface area contributed by atoms with E-state index in [-0.39, 0.29) is 17.4 Å². The maximum absolute atomic E-state index is 13.3. The van der Waals surface area contributed by atoms with Crippen molar-refractivity contribution in [3.8, 4) is 0 Å². The molecule has 2 aromatic heterocycles. The number of amides is 2. The number of carbonyl (C=O) groups excluding carboxylic acids is 2. The van der Waals surface area contributed by atoms with Gasteiger partial charge in [-0.1, -0.05) is 25.1 Å². The number of aryl methyl sites for hydroxylation is 1. The van der Waals surface area contributed by atoms with E-state index in [0.717, 1.165) is 48.6 Å². The number of nitrogens with one attached hydrogen (secondary N) is 1. The maximum atomic E-state index is 13.3. The average molecular weight is 424 g/mol. The minimum atomic E-state index is -0.617. The molecule has 3 heterocycles. The van der Waals surface area contributed by atoms with Gasteiger partial charge < -0.3 is 14.8 Å². The fourth-order valence-electron chi connectivity index (χ4n) is 4.56. The van der Waals surface area contributed by atoms with Crippen molar-refractivity contribution < 1.29 is 9.59 Å². The lowest BCUT2D eigenvalue weighted by atomic mass is 10.1. The standard InChI is InChI=1S/C23H29N5O3/c1-4-18(21(29)25-15(2)22(30)27-12-8-5-9-13-27)28-19-11-7-6-10-16(19)17-14-24-26(3)23(31)20(17)28/h6-7,10-11,14-15,18H,4-5,8-9,12-13H2,1-3H3,(H,25,29)/t15-,18+/m1/s1. The molecule has 1 aromatic carbocycles. The highest BCUT2D eigenvalue weighted by molar-refractivity contribution is 6.08. The molecule has 31 heavy (non-hydrogen) atoms.